The minimum atomic E-state index is -0.224. The van der Waals surface area contributed by atoms with Crippen molar-refractivity contribution < 1.29 is 9.59 Å². The normalized spacial score (nSPS) is 18.3. The Bertz CT molecular complexity index is 577. The Labute approximate surface area is 116 Å². The van der Waals surface area contributed by atoms with Crippen LogP contribution < -0.4 is 10.2 Å². The van der Waals surface area contributed by atoms with Crippen LogP contribution in [-0.2, 0) is 4.79 Å². The zero-order valence-corrected chi connectivity index (χ0v) is 11.2. The molecule has 1 aromatic carbocycles. The molecule has 19 heavy (non-hydrogen) atoms. The molecule has 1 fully saturated rings. The molecule has 98 valence electrons. The van der Waals surface area contributed by atoms with Gasteiger partial charge in [-0.2, -0.15) is 0 Å². The molecule has 0 saturated carbocycles. The third-order valence-corrected chi connectivity index (χ3v) is 3.41. The topological polar surface area (TPSA) is 49.4 Å². The number of benzene rings is 1. The lowest BCUT2D eigenvalue weighted by Gasteiger charge is -2.18. The Morgan fingerprint density at radius 1 is 1.58 bits per heavy atom. The summed E-state index contributed by atoms with van der Waals surface area (Å²) in [5.41, 5.74) is 0.990. The zero-order valence-electron chi connectivity index (χ0n) is 10.4. The van der Waals surface area contributed by atoms with E-state index in [2.05, 4.69) is 11.2 Å². The highest BCUT2D eigenvalue weighted by molar-refractivity contribution is 6.34. The van der Waals surface area contributed by atoms with E-state index in [0.29, 0.717) is 29.2 Å². The molecule has 2 rings (SSSR count). The number of anilines is 1. The van der Waals surface area contributed by atoms with Crippen molar-refractivity contribution in [2.24, 2.45) is 5.92 Å². The molecule has 1 heterocycles. The van der Waals surface area contributed by atoms with E-state index in [4.69, 9.17) is 18.0 Å². The van der Waals surface area contributed by atoms with Crippen molar-refractivity contribution in [3.05, 3.63) is 28.8 Å². The second kappa shape index (κ2) is 5.33. The molecule has 1 atom stereocenters. The molecule has 0 bridgehead atoms. The van der Waals surface area contributed by atoms with Gasteiger partial charge in [-0.05, 0) is 18.2 Å². The van der Waals surface area contributed by atoms with Gasteiger partial charge in [-0.1, -0.05) is 11.6 Å². The molecule has 5 heteroatoms. The Balaban J connectivity index is 2.37. The molecular formula is C14H13ClN2O2. The van der Waals surface area contributed by atoms with Crippen LogP contribution in [0.25, 0.3) is 0 Å². The van der Waals surface area contributed by atoms with Gasteiger partial charge in [0.1, 0.15) is 0 Å². The molecule has 4 nitrogen and oxygen atoms in total. The van der Waals surface area contributed by atoms with Crippen LogP contribution in [0.5, 0.6) is 0 Å². The van der Waals surface area contributed by atoms with Crippen LogP contribution in [0, 0.1) is 18.3 Å². The van der Waals surface area contributed by atoms with E-state index < -0.39 is 0 Å². The number of terminal acetylenes is 1. The highest BCUT2D eigenvalue weighted by atomic mass is 35.5. The van der Waals surface area contributed by atoms with Gasteiger partial charge in [0.2, 0.25) is 5.91 Å². The highest BCUT2D eigenvalue weighted by Crippen LogP contribution is 2.31. The third-order valence-electron chi connectivity index (χ3n) is 3.09. The fourth-order valence-corrected chi connectivity index (χ4v) is 2.28. The molecule has 0 aliphatic carbocycles. The molecular weight excluding hydrogens is 264 g/mol. The Morgan fingerprint density at radius 2 is 2.32 bits per heavy atom. The van der Waals surface area contributed by atoms with Gasteiger partial charge in [0, 0.05) is 31.5 Å². The van der Waals surface area contributed by atoms with Crippen LogP contribution >= 0.6 is 11.6 Å². The number of halogens is 1. The first-order valence-corrected chi connectivity index (χ1v) is 6.22. The van der Waals surface area contributed by atoms with Gasteiger partial charge in [0.15, 0.2) is 0 Å². The predicted molar refractivity (Wildman–Crippen MR) is 74.1 cm³/mol. The van der Waals surface area contributed by atoms with Crippen LogP contribution in [0.15, 0.2) is 18.2 Å². The van der Waals surface area contributed by atoms with Crippen LogP contribution in [-0.4, -0.2) is 25.4 Å². The molecule has 1 saturated heterocycles. The molecule has 0 spiro atoms. The number of nitrogens with one attached hydrogen (secondary N) is 1. The van der Waals surface area contributed by atoms with E-state index in [9.17, 15) is 9.59 Å². The zero-order chi connectivity index (χ0) is 14.0. The van der Waals surface area contributed by atoms with E-state index in [1.807, 2.05) is 0 Å². The van der Waals surface area contributed by atoms with Crippen molar-refractivity contribution in [1.82, 2.24) is 5.32 Å². The molecule has 1 N–H and O–H groups in total. The molecule has 1 aliphatic rings. The summed E-state index contributed by atoms with van der Waals surface area (Å²) >= 11 is 6.10. The summed E-state index contributed by atoms with van der Waals surface area (Å²) < 4.78 is 0. The Hall–Kier alpha value is -1.99. The largest absolute Gasteiger partial charge is 0.355 e. The Kier molecular flexibility index (Phi) is 3.77. The van der Waals surface area contributed by atoms with Crippen molar-refractivity contribution in [2.45, 2.75) is 6.42 Å². The maximum absolute atomic E-state index is 11.9. The van der Waals surface area contributed by atoms with Gasteiger partial charge in [-0.25, -0.2) is 0 Å². The molecule has 1 aliphatic heterocycles. The predicted octanol–water partition coefficient (Wildman–Crippen LogP) is 1.69. The van der Waals surface area contributed by atoms with Gasteiger partial charge in [-0.15, -0.1) is 12.3 Å². The summed E-state index contributed by atoms with van der Waals surface area (Å²) in [7, 11) is 1.55. The summed E-state index contributed by atoms with van der Waals surface area (Å²) in [5, 5.41) is 2.96. The van der Waals surface area contributed by atoms with Gasteiger partial charge < -0.3 is 10.2 Å². The lowest BCUT2D eigenvalue weighted by molar-refractivity contribution is -0.117. The summed E-state index contributed by atoms with van der Waals surface area (Å²) in [4.78, 5) is 25.1. The fourth-order valence-electron chi connectivity index (χ4n) is 2.06. The van der Waals surface area contributed by atoms with E-state index in [0.717, 1.165) is 0 Å². The Morgan fingerprint density at radius 3 is 2.89 bits per heavy atom. The van der Waals surface area contributed by atoms with E-state index >= 15 is 0 Å². The van der Waals surface area contributed by atoms with E-state index in [1.165, 1.54) is 0 Å². The smallest absolute Gasteiger partial charge is 0.251 e. The minimum absolute atomic E-state index is 0.0705. The molecule has 1 unspecified atom stereocenters. The van der Waals surface area contributed by atoms with Crippen LogP contribution in [0.2, 0.25) is 5.02 Å². The quantitative estimate of drug-likeness (QED) is 0.836. The highest BCUT2D eigenvalue weighted by Gasteiger charge is 2.30. The van der Waals surface area contributed by atoms with Crippen molar-refractivity contribution in [2.75, 3.05) is 18.5 Å². The van der Waals surface area contributed by atoms with Gasteiger partial charge in [-0.3, -0.25) is 9.59 Å². The van der Waals surface area contributed by atoms with E-state index in [1.54, 1.807) is 30.1 Å². The average Bonchev–Trinajstić information content (AvgIpc) is 2.79. The maximum Gasteiger partial charge on any atom is 0.251 e. The number of carbonyl (C=O) groups is 2. The summed E-state index contributed by atoms with van der Waals surface area (Å²) in [6.45, 7) is 0.437. The minimum Gasteiger partial charge on any atom is -0.355 e. The van der Waals surface area contributed by atoms with Crippen molar-refractivity contribution in [3.63, 3.8) is 0 Å². The SMILES string of the molecule is C#CC1CC(=O)N(c2cc(C(=O)NC)ccc2Cl)C1. The number of nitrogens with zero attached hydrogens (tertiary/aromatic N) is 1. The average molecular weight is 277 g/mol. The van der Waals surface area contributed by atoms with Crippen LogP contribution in [0.1, 0.15) is 16.8 Å². The first kappa shape index (κ1) is 13.4. The number of hydrogen-bond donors (Lipinski definition) is 1. The van der Waals surface area contributed by atoms with Crippen LogP contribution in [0.3, 0.4) is 0 Å². The summed E-state index contributed by atoms with van der Waals surface area (Å²) in [6.07, 6.45) is 5.66. The second-order valence-electron chi connectivity index (χ2n) is 4.32. The molecule has 2 amide bonds. The third kappa shape index (κ3) is 2.56. The number of hydrogen-bond acceptors (Lipinski definition) is 2. The van der Waals surface area contributed by atoms with Gasteiger partial charge in [0.25, 0.3) is 5.91 Å². The molecule has 0 aromatic heterocycles. The summed E-state index contributed by atoms with van der Waals surface area (Å²) in [5.74, 6) is 2.18. The molecule has 1 aromatic rings. The fraction of sp³-hybridized carbons (Fsp3) is 0.286. The second-order valence-corrected chi connectivity index (χ2v) is 4.72. The van der Waals surface area contributed by atoms with Crippen molar-refractivity contribution in [3.8, 4) is 12.3 Å². The summed E-state index contributed by atoms with van der Waals surface area (Å²) in [6, 6.07) is 4.83. The van der Waals surface area contributed by atoms with Gasteiger partial charge in [0.05, 0.1) is 10.7 Å². The van der Waals surface area contributed by atoms with Gasteiger partial charge >= 0.3 is 0 Å². The lowest BCUT2D eigenvalue weighted by Crippen LogP contribution is -2.25. The first-order valence-electron chi connectivity index (χ1n) is 5.85. The molecule has 0 radical (unpaired) electrons. The standard InChI is InChI=1S/C14H13ClN2O2/c1-3-9-6-13(18)17(8-9)12-7-10(14(19)16-2)4-5-11(12)15/h1,4-5,7,9H,6,8H2,2H3,(H,16,19). The first-order chi connectivity index (χ1) is 9.06. The van der Waals surface area contributed by atoms with Crippen molar-refractivity contribution in [1.29, 1.82) is 0 Å². The maximum atomic E-state index is 11.9. The monoisotopic (exact) mass is 276 g/mol. The van der Waals surface area contributed by atoms with E-state index in [-0.39, 0.29) is 17.7 Å². The number of rotatable bonds is 2. The lowest BCUT2D eigenvalue weighted by atomic mass is 10.1. The van der Waals surface area contributed by atoms with Crippen molar-refractivity contribution >= 4 is 29.1 Å². The van der Waals surface area contributed by atoms with Crippen LogP contribution in [0.4, 0.5) is 5.69 Å². The number of carbonyl (C=O) groups excluding carboxylic acids is 2. The number of amides is 2.